The minimum Gasteiger partial charge on any atom is -0.487 e. The second kappa shape index (κ2) is 10.4. The van der Waals surface area contributed by atoms with Crippen LogP contribution in [-0.2, 0) is 0 Å². The number of hydrogen-bond donors (Lipinski definition) is 1. The first-order valence-corrected chi connectivity index (χ1v) is 11.6. The Balaban J connectivity index is 1.38. The summed E-state index contributed by atoms with van der Waals surface area (Å²) < 4.78 is 32.8. The van der Waals surface area contributed by atoms with Gasteiger partial charge in [-0.1, -0.05) is 5.92 Å². The number of pyridine rings is 2. The average molecular weight is 510 g/mol. The van der Waals surface area contributed by atoms with Gasteiger partial charge in [0.05, 0.1) is 30.4 Å². The van der Waals surface area contributed by atoms with Crippen molar-refractivity contribution >= 4 is 23.1 Å². The molecular formula is C28H21F2N7O. The molecule has 1 aliphatic heterocycles. The Morgan fingerprint density at radius 1 is 1.21 bits per heavy atom. The van der Waals surface area contributed by atoms with E-state index < -0.39 is 6.55 Å². The predicted molar refractivity (Wildman–Crippen MR) is 141 cm³/mol. The minimum absolute atomic E-state index is 0.0332. The van der Waals surface area contributed by atoms with Crippen LogP contribution in [0, 0.1) is 23.7 Å². The summed E-state index contributed by atoms with van der Waals surface area (Å²) in [7, 11) is 0. The van der Waals surface area contributed by atoms with Gasteiger partial charge in [0, 0.05) is 52.6 Å². The van der Waals surface area contributed by atoms with Crippen molar-refractivity contribution in [3.05, 3.63) is 83.9 Å². The number of alkyl halides is 2. The summed E-state index contributed by atoms with van der Waals surface area (Å²) in [6.45, 7) is -1.50. The highest BCUT2D eigenvalue weighted by atomic mass is 19.3. The van der Waals surface area contributed by atoms with E-state index in [0.717, 1.165) is 28.9 Å². The SMILES string of the molecule is C#Cc1ccc(OC2CN(c3ccc(-c4cc(C(C=NC(F)F)=CN)cn5ncc(C#N)c45)cn3)C2)cc1. The molecule has 0 aliphatic carbocycles. The van der Waals surface area contributed by atoms with E-state index in [1.54, 1.807) is 18.5 Å². The van der Waals surface area contributed by atoms with E-state index >= 15 is 0 Å². The fourth-order valence-electron chi connectivity index (χ4n) is 4.19. The van der Waals surface area contributed by atoms with Gasteiger partial charge in [-0.3, -0.25) is 0 Å². The number of anilines is 1. The zero-order valence-corrected chi connectivity index (χ0v) is 20.0. The number of hydrogen-bond acceptors (Lipinski definition) is 7. The van der Waals surface area contributed by atoms with Crippen LogP contribution in [0.4, 0.5) is 14.6 Å². The van der Waals surface area contributed by atoms with E-state index in [4.69, 9.17) is 16.9 Å². The second-order valence-corrected chi connectivity index (χ2v) is 8.50. The first kappa shape index (κ1) is 24.5. The van der Waals surface area contributed by atoms with E-state index in [9.17, 15) is 14.0 Å². The Bertz CT molecular complexity index is 1600. The number of nitriles is 1. The fraction of sp³-hybridized carbons (Fsp3) is 0.143. The first-order valence-electron chi connectivity index (χ1n) is 11.6. The molecule has 0 radical (unpaired) electrons. The Morgan fingerprint density at radius 2 is 2.00 bits per heavy atom. The van der Waals surface area contributed by atoms with Crippen molar-refractivity contribution in [2.24, 2.45) is 10.7 Å². The minimum atomic E-state index is -2.86. The second-order valence-electron chi connectivity index (χ2n) is 8.50. The van der Waals surface area contributed by atoms with Gasteiger partial charge in [0.15, 0.2) is 0 Å². The van der Waals surface area contributed by atoms with Gasteiger partial charge >= 0.3 is 6.55 Å². The molecule has 1 fully saturated rings. The fourth-order valence-corrected chi connectivity index (χ4v) is 4.19. The van der Waals surface area contributed by atoms with Gasteiger partial charge in [-0.15, -0.1) is 6.42 Å². The zero-order valence-electron chi connectivity index (χ0n) is 20.0. The number of aromatic nitrogens is 3. The van der Waals surface area contributed by atoms with E-state index in [0.29, 0.717) is 35.3 Å². The van der Waals surface area contributed by atoms with E-state index in [2.05, 4.69) is 32.0 Å². The Kier molecular flexibility index (Phi) is 6.70. The summed E-state index contributed by atoms with van der Waals surface area (Å²) in [5.41, 5.74) is 9.60. The third-order valence-electron chi connectivity index (χ3n) is 6.13. The molecule has 1 saturated heterocycles. The largest absolute Gasteiger partial charge is 0.487 e. The lowest BCUT2D eigenvalue weighted by molar-refractivity contribution is 0.161. The molecule has 0 atom stereocenters. The van der Waals surface area contributed by atoms with Gasteiger partial charge < -0.3 is 15.4 Å². The van der Waals surface area contributed by atoms with Crippen LogP contribution in [0.2, 0.25) is 0 Å². The summed E-state index contributed by atoms with van der Waals surface area (Å²) in [5.74, 6) is 4.13. The van der Waals surface area contributed by atoms with Gasteiger partial charge in [0.25, 0.3) is 0 Å². The van der Waals surface area contributed by atoms with E-state index in [-0.39, 0.29) is 11.7 Å². The number of rotatable bonds is 7. The van der Waals surface area contributed by atoms with Crippen molar-refractivity contribution in [2.75, 3.05) is 18.0 Å². The molecule has 0 unspecified atom stereocenters. The summed E-state index contributed by atoms with van der Waals surface area (Å²) >= 11 is 0. The molecule has 10 heteroatoms. The van der Waals surface area contributed by atoms with Crippen LogP contribution in [0.5, 0.6) is 5.75 Å². The van der Waals surface area contributed by atoms with Crippen molar-refractivity contribution in [1.82, 2.24) is 14.6 Å². The Morgan fingerprint density at radius 3 is 2.63 bits per heavy atom. The van der Waals surface area contributed by atoms with Crippen LogP contribution in [0.3, 0.4) is 0 Å². The molecule has 4 heterocycles. The van der Waals surface area contributed by atoms with E-state index in [1.165, 1.54) is 16.9 Å². The number of allylic oxidation sites excluding steroid dienone is 1. The maximum atomic E-state index is 12.6. The van der Waals surface area contributed by atoms with E-state index in [1.807, 2.05) is 36.4 Å². The van der Waals surface area contributed by atoms with Crippen molar-refractivity contribution < 1.29 is 13.5 Å². The number of fused-ring (bicyclic) bond motifs is 1. The maximum absolute atomic E-state index is 12.6. The molecule has 3 aromatic heterocycles. The number of aliphatic imine (C=N–C) groups is 1. The van der Waals surface area contributed by atoms with Gasteiger partial charge in [-0.25, -0.2) is 14.5 Å². The van der Waals surface area contributed by atoms with Gasteiger partial charge in [-0.05, 0) is 42.5 Å². The number of halogens is 2. The molecule has 0 spiro atoms. The highest BCUT2D eigenvalue weighted by Crippen LogP contribution is 2.31. The number of nitrogens with two attached hydrogens (primary N) is 1. The van der Waals surface area contributed by atoms with Gasteiger partial charge in [0.1, 0.15) is 23.7 Å². The van der Waals surface area contributed by atoms with Crippen molar-refractivity contribution in [3.63, 3.8) is 0 Å². The van der Waals surface area contributed by atoms with Crippen LogP contribution in [0.15, 0.2) is 72.2 Å². The molecular weight excluding hydrogens is 488 g/mol. The zero-order chi connectivity index (χ0) is 26.6. The Labute approximate surface area is 217 Å². The van der Waals surface area contributed by atoms with Crippen LogP contribution in [-0.4, -0.2) is 46.6 Å². The monoisotopic (exact) mass is 509 g/mol. The lowest BCUT2D eigenvalue weighted by Crippen LogP contribution is -2.54. The molecule has 0 saturated carbocycles. The third kappa shape index (κ3) is 4.88. The average Bonchev–Trinajstić information content (AvgIpc) is 3.34. The molecule has 5 rings (SSSR count). The number of ether oxygens (including phenoxy) is 1. The summed E-state index contributed by atoms with van der Waals surface area (Å²) in [6, 6.07) is 15.1. The van der Waals surface area contributed by atoms with Gasteiger partial charge in [0.2, 0.25) is 0 Å². The molecule has 4 aromatic rings. The highest BCUT2D eigenvalue weighted by Gasteiger charge is 2.29. The number of nitrogens with zero attached hydrogens (tertiary/aromatic N) is 6. The van der Waals surface area contributed by atoms with Crippen LogP contribution in [0.1, 0.15) is 16.7 Å². The predicted octanol–water partition coefficient (Wildman–Crippen LogP) is 4.11. The summed E-state index contributed by atoms with van der Waals surface area (Å²) in [5, 5.41) is 13.8. The normalized spacial score (nSPS) is 14.0. The molecule has 38 heavy (non-hydrogen) atoms. The standard InChI is InChI=1S/C28H21F2N7O/c1-2-18-3-6-23(7-4-18)38-24-16-36(17-24)26-8-5-19(12-33-26)25-9-20(21(10-31)13-34-28(29)30)15-37-27(25)22(11-32)14-35-37/h1,3-10,12-15,24,28H,16-17,31H2. The van der Waals surface area contributed by atoms with Crippen molar-refractivity contribution in [3.8, 4) is 35.3 Å². The van der Waals surface area contributed by atoms with Gasteiger partial charge in [-0.2, -0.15) is 19.1 Å². The van der Waals surface area contributed by atoms with Crippen LogP contribution in [0.25, 0.3) is 22.2 Å². The van der Waals surface area contributed by atoms with Crippen molar-refractivity contribution in [1.29, 1.82) is 5.26 Å². The molecule has 1 aromatic carbocycles. The lowest BCUT2D eigenvalue weighted by atomic mass is 10.0. The molecule has 0 amide bonds. The van der Waals surface area contributed by atoms with Crippen molar-refractivity contribution in [2.45, 2.75) is 12.7 Å². The number of benzene rings is 1. The first-order chi connectivity index (χ1) is 18.5. The topological polar surface area (TPSA) is 105 Å². The lowest BCUT2D eigenvalue weighted by Gasteiger charge is -2.39. The molecule has 2 N–H and O–H groups in total. The molecule has 8 nitrogen and oxygen atoms in total. The Hall–Kier alpha value is -5.22. The molecule has 0 bridgehead atoms. The summed E-state index contributed by atoms with van der Waals surface area (Å²) in [4.78, 5) is 9.84. The smallest absolute Gasteiger partial charge is 0.331 e. The molecule has 188 valence electrons. The number of terminal acetylenes is 1. The van der Waals surface area contributed by atoms with Crippen LogP contribution < -0.4 is 15.4 Å². The third-order valence-corrected chi connectivity index (χ3v) is 6.13. The maximum Gasteiger partial charge on any atom is 0.331 e. The highest BCUT2D eigenvalue weighted by molar-refractivity contribution is 6.10. The quantitative estimate of drug-likeness (QED) is 0.228. The summed E-state index contributed by atoms with van der Waals surface area (Å²) in [6.07, 6.45) is 12.4. The molecule has 1 aliphatic rings. The van der Waals surface area contributed by atoms with Crippen LogP contribution >= 0.6 is 0 Å².